The maximum atomic E-state index is 12.1. The predicted molar refractivity (Wildman–Crippen MR) is 93.7 cm³/mol. The van der Waals surface area contributed by atoms with Gasteiger partial charge in [0.2, 0.25) is 15.9 Å². The molecule has 0 amide bonds. The van der Waals surface area contributed by atoms with Gasteiger partial charge in [-0.25, -0.2) is 13.1 Å². The number of hydrogen-bond donors (Lipinski definition) is 2. The molecule has 1 fully saturated rings. The minimum atomic E-state index is -3.39. The van der Waals surface area contributed by atoms with Crippen molar-refractivity contribution >= 4 is 10.0 Å². The highest BCUT2D eigenvalue weighted by Crippen LogP contribution is 2.22. The first kappa shape index (κ1) is 18.0. The van der Waals surface area contributed by atoms with E-state index in [1.807, 2.05) is 19.2 Å². The van der Waals surface area contributed by atoms with Crippen molar-refractivity contribution in [3.63, 3.8) is 0 Å². The molecule has 0 saturated heterocycles. The highest BCUT2D eigenvalue weighted by atomic mass is 32.2. The van der Waals surface area contributed by atoms with Crippen molar-refractivity contribution in [3.05, 3.63) is 41.5 Å². The van der Waals surface area contributed by atoms with E-state index in [0.29, 0.717) is 29.1 Å². The summed E-state index contributed by atoms with van der Waals surface area (Å²) in [6, 6.07) is 7.37. The van der Waals surface area contributed by atoms with Gasteiger partial charge in [-0.3, -0.25) is 0 Å². The standard InChI is InChI=1S/C17H24N4O3S/c1-12(18-2)11-16-19-17(24-20-16)10-5-13-3-8-15(9-4-13)25(22,23)21-14-6-7-14/h3-4,8-9,12,14,18,21H,5-7,10-11H2,1-2H3. The molecule has 1 aliphatic rings. The number of sulfonamides is 1. The van der Waals surface area contributed by atoms with Gasteiger partial charge in [0, 0.05) is 24.9 Å². The molecule has 1 saturated carbocycles. The fourth-order valence-corrected chi connectivity index (χ4v) is 3.73. The maximum Gasteiger partial charge on any atom is 0.240 e. The molecule has 1 unspecified atom stereocenters. The number of nitrogens with one attached hydrogen (secondary N) is 2. The van der Waals surface area contributed by atoms with Gasteiger partial charge in [-0.15, -0.1) is 0 Å². The summed E-state index contributed by atoms with van der Waals surface area (Å²) < 4.78 is 32.2. The van der Waals surface area contributed by atoms with E-state index in [4.69, 9.17) is 4.52 Å². The van der Waals surface area contributed by atoms with Gasteiger partial charge < -0.3 is 9.84 Å². The topological polar surface area (TPSA) is 97.1 Å². The Bertz CT molecular complexity index is 798. The molecule has 0 radical (unpaired) electrons. The Hall–Kier alpha value is -1.77. The largest absolute Gasteiger partial charge is 0.339 e. The summed E-state index contributed by atoms with van der Waals surface area (Å²) >= 11 is 0. The molecule has 2 N–H and O–H groups in total. The third kappa shape index (κ3) is 5.10. The maximum absolute atomic E-state index is 12.1. The van der Waals surface area contributed by atoms with E-state index in [0.717, 1.165) is 31.2 Å². The summed E-state index contributed by atoms with van der Waals surface area (Å²) in [7, 11) is -1.49. The van der Waals surface area contributed by atoms with Crippen LogP contribution in [0.3, 0.4) is 0 Å². The van der Waals surface area contributed by atoms with Crippen LogP contribution in [0.1, 0.15) is 37.0 Å². The van der Waals surface area contributed by atoms with Crippen molar-refractivity contribution in [1.29, 1.82) is 0 Å². The minimum absolute atomic E-state index is 0.113. The molecule has 2 aromatic rings. The molecular weight excluding hydrogens is 340 g/mol. The smallest absolute Gasteiger partial charge is 0.240 e. The average molecular weight is 364 g/mol. The summed E-state index contributed by atoms with van der Waals surface area (Å²) in [6.07, 6.45) is 3.93. The molecule has 1 aromatic carbocycles. The van der Waals surface area contributed by atoms with Crippen LogP contribution in [0.25, 0.3) is 0 Å². The zero-order valence-electron chi connectivity index (χ0n) is 14.5. The fraction of sp³-hybridized carbons (Fsp3) is 0.529. The predicted octanol–water partition coefficient (Wildman–Crippen LogP) is 1.45. The van der Waals surface area contributed by atoms with E-state index in [9.17, 15) is 8.42 Å². The first-order valence-electron chi connectivity index (χ1n) is 8.56. The summed E-state index contributed by atoms with van der Waals surface area (Å²) in [5.74, 6) is 1.30. The van der Waals surface area contributed by atoms with Crippen molar-refractivity contribution in [2.45, 2.75) is 56.0 Å². The normalized spacial score (nSPS) is 16.1. The minimum Gasteiger partial charge on any atom is -0.339 e. The summed E-state index contributed by atoms with van der Waals surface area (Å²) in [5.41, 5.74) is 1.04. The molecule has 8 heteroatoms. The summed E-state index contributed by atoms with van der Waals surface area (Å²) in [6.45, 7) is 2.06. The monoisotopic (exact) mass is 364 g/mol. The van der Waals surface area contributed by atoms with Crippen molar-refractivity contribution < 1.29 is 12.9 Å². The molecule has 0 bridgehead atoms. The van der Waals surface area contributed by atoms with Gasteiger partial charge in [-0.2, -0.15) is 4.98 Å². The third-order valence-corrected chi connectivity index (χ3v) is 5.79. The Morgan fingerprint density at radius 3 is 2.60 bits per heavy atom. The van der Waals surface area contributed by atoms with Gasteiger partial charge in [0.15, 0.2) is 5.82 Å². The van der Waals surface area contributed by atoms with Gasteiger partial charge in [-0.1, -0.05) is 17.3 Å². The summed E-state index contributed by atoms with van der Waals surface area (Å²) in [5, 5.41) is 7.12. The van der Waals surface area contributed by atoms with Gasteiger partial charge in [0.25, 0.3) is 0 Å². The van der Waals surface area contributed by atoms with Crippen LogP contribution in [-0.2, 0) is 29.3 Å². The molecule has 3 rings (SSSR count). The van der Waals surface area contributed by atoms with E-state index in [-0.39, 0.29) is 6.04 Å². The van der Waals surface area contributed by atoms with E-state index < -0.39 is 10.0 Å². The van der Waals surface area contributed by atoms with Crippen LogP contribution in [0.2, 0.25) is 0 Å². The lowest BCUT2D eigenvalue weighted by Crippen LogP contribution is -2.25. The molecule has 1 heterocycles. The lowest BCUT2D eigenvalue weighted by Gasteiger charge is -2.06. The van der Waals surface area contributed by atoms with Crippen molar-refractivity contribution in [1.82, 2.24) is 20.2 Å². The van der Waals surface area contributed by atoms with Crippen LogP contribution in [-0.4, -0.2) is 37.7 Å². The number of hydrogen-bond acceptors (Lipinski definition) is 6. The number of nitrogens with zero attached hydrogens (tertiary/aromatic N) is 2. The first-order chi connectivity index (χ1) is 12.0. The number of aromatic nitrogens is 2. The van der Waals surface area contributed by atoms with Crippen LogP contribution >= 0.6 is 0 Å². The molecule has 0 spiro atoms. The zero-order valence-corrected chi connectivity index (χ0v) is 15.3. The van der Waals surface area contributed by atoms with Crippen LogP contribution in [0.15, 0.2) is 33.7 Å². The van der Waals surface area contributed by atoms with Crippen LogP contribution in [0.5, 0.6) is 0 Å². The SMILES string of the molecule is CNC(C)Cc1noc(CCc2ccc(S(=O)(=O)NC3CC3)cc2)n1. The van der Waals surface area contributed by atoms with E-state index in [1.165, 1.54) is 0 Å². The second kappa shape index (κ2) is 7.63. The van der Waals surface area contributed by atoms with Crippen LogP contribution in [0.4, 0.5) is 0 Å². The second-order valence-electron chi connectivity index (χ2n) is 6.54. The Morgan fingerprint density at radius 2 is 1.96 bits per heavy atom. The molecule has 25 heavy (non-hydrogen) atoms. The van der Waals surface area contributed by atoms with E-state index in [1.54, 1.807) is 12.1 Å². The van der Waals surface area contributed by atoms with Crippen LogP contribution < -0.4 is 10.0 Å². The average Bonchev–Trinajstić information content (AvgIpc) is 3.29. The third-order valence-electron chi connectivity index (χ3n) is 4.25. The highest BCUT2D eigenvalue weighted by Gasteiger charge is 2.27. The zero-order chi connectivity index (χ0) is 17.9. The molecule has 136 valence electrons. The molecule has 0 aliphatic heterocycles. The van der Waals surface area contributed by atoms with Gasteiger partial charge in [0.05, 0.1) is 4.90 Å². The number of aryl methyl sites for hydroxylation is 2. The highest BCUT2D eigenvalue weighted by molar-refractivity contribution is 7.89. The molecule has 1 aromatic heterocycles. The van der Waals surface area contributed by atoms with Crippen molar-refractivity contribution in [3.8, 4) is 0 Å². The van der Waals surface area contributed by atoms with Crippen molar-refractivity contribution in [2.75, 3.05) is 7.05 Å². The first-order valence-corrected chi connectivity index (χ1v) is 10.0. The Labute approximate surface area is 148 Å². The van der Waals surface area contributed by atoms with Gasteiger partial charge >= 0.3 is 0 Å². The number of likely N-dealkylation sites (N-methyl/N-ethyl adjacent to an activating group) is 1. The van der Waals surface area contributed by atoms with Crippen LogP contribution in [0, 0.1) is 0 Å². The molecule has 1 atom stereocenters. The fourth-order valence-electron chi connectivity index (χ4n) is 2.43. The molecular formula is C17H24N4O3S. The molecule has 1 aliphatic carbocycles. The van der Waals surface area contributed by atoms with Gasteiger partial charge in [0.1, 0.15) is 0 Å². The number of rotatable bonds is 9. The quantitative estimate of drug-likeness (QED) is 0.699. The molecule has 7 nitrogen and oxygen atoms in total. The van der Waals surface area contributed by atoms with E-state index >= 15 is 0 Å². The number of benzene rings is 1. The van der Waals surface area contributed by atoms with E-state index in [2.05, 4.69) is 27.1 Å². The van der Waals surface area contributed by atoms with Crippen molar-refractivity contribution in [2.24, 2.45) is 0 Å². The summed E-state index contributed by atoms with van der Waals surface area (Å²) in [4.78, 5) is 4.70. The van der Waals surface area contributed by atoms with Gasteiger partial charge in [-0.05, 0) is 50.9 Å². The lowest BCUT2D eigenvalue weighted by molar-refractivity contribution is 0.371. The lowest BCUT2D eigenvalue weighted by atomic mass is 10.1. The second-order valence-corrected chi connectivity index (χ2v) is 8.25. The Balaban J connectivity index is 1.55. The Kier molecular flexibility index (Phi) is 5.51. The Morgan fingerprint density at radius 1 is 1.24 bits per heavy atom.